The zero-order valence-corrected chi connectivity index (χ0v) is 23.7. The van der Waals surface area contributed by atoms with E-state index in [9.17, 15) is 9.59 Å². The van der Waals surface area contributed by atoms with E-state index in [4.69, 9.17) is 23.0 Å². The number of carbonyl (C=O) groups excluding carboxylic acids is 2. The van der Waals surface area contributed by atoms with Crippen LogP contribution in [0.15, 0.2) is 60.7 Å². The van der Waals surface area contributed by atoms with Gasteiger partial charge in [-0.25, -0.2) is 13.1 Å². The number of amides is 1. The minimum atomic E-state index is -1.08. The van der Waals surface area contributed by atoms with Gasteiger partial charge in [0.05, 0.1) is 6.42 Å². The van der Waals surface area contributed by atoms with Crippen LogP contribution < -0.4 is 5.32 Å². The van der Waals surface area contributed by atoms with Gasteiger partial charge in [-0.05, 0) is 19.1 Å². The molecule has 0 saturated heterocycles. The zero-order chi connectivity index (χ0) is 29.5. The first-order valence-corrected chi connectivity index (χ1v) is 12.5. The fourth-order valence-corrected chi connectivity index (χ4v) is 2.58. The highest BCUT2D eigenvalue weighted by atomic mass is 16.5. The summed E-state index contributed by atoms with van der Waals surface area (Å²) in [4.78, 5) is 30.4. The molecule has 0 bridgehead atoms. The third kappa shape index (κ3) is 14.6. The quantitative estimate of drug-likeness (QED) is 0.182. The first-order valence-electron chi connectivity index (χ1n) is 12.5. The minimum absolute atomic E-state index is 0.0526. The molecule has 0 aliphatic carbocycles. The van der Waals surface area contributed by atoms with Gasteiger partial charge in [-0.15, -0.1) is 5.92 Å². The number of nitrogens with zero attached hydrogens (tertiary/aromatic N) is 2. The fourth-order valence-electron chi connectivity index (χ4n) is 2.58. The van der Waals surface area contributed by atoms with Crippen molar-refractivity contribution in [1.29, 1.82) is 0 Å². The number of ether oxygens (including phenoxy) is 1. The molecule has 0 saturated carbocycles. The molecule has 2 rings (SSSR count). The first kappa shape index (κ1) is 36.2. The molecule has 2 unspecified atom stereocenters. The zero-order valence-electron chi connectivity index (χ0n) is 23.7. The topological polar surface area (TPSA) is 84.3 Å². The van der Waals surface area contributed by atoms with Crippen LogP contribution >= 0.6 is 0 Å². The monoisotopic (exact) mass is 519 g/mol. The van der Waals surface area contributed by atoms with E-state index in [0.717, 1.165) is 0 Å². The number of nitrogens with one attached hydrogen (secondary N) is 1. The number of Topliss-reactive ketones (excluding diaryl/α,β-unsaturated/α-hetero) is 1. The van der Waals surface area contributed by atoms with Crippen molar-refractivity contribution >= 4 is 11.7 Å². The third-order valence-corrected chi connectivity index (χ3v) is 4.65. The van der Waals surface area contributed by atoms with Crippen molar-refractivity contribution in [2.75, 3.05) is 19.8 Å². The molecule has 204 valence electrons. The Kier molecular flexibility index (Phi) is 20.2. The van der Waals surface area contributed by atoms with Gasteiger partial charge in [-0.3, -0.25) is 19.8 Å². The van der Waals surface area contributed by atoms with Gasteiger partial charge in [0, 0.05) is 25.0 Å². The Morgan fingerprint density at radius 2 is 1.42 bits per heavy atom. The van der Waals surface area contributed by atoms with Gasteiger partial charge in [0.25, 0.3) is 11.4 Å². The Hall–Kier alpha value is -3.96. The number of hydrogen-bond donors (Lipinski definition) is 2. The molecule has 38 heavy (non-hydrogen) atoms. The second kappa shape index (κ2) is 21.2. The molecule has 0 fully saturated rings. The van der Waals surface area contributed by atoms with Gasteiger partial charge in [-0.1, -0.05) is 82.1 Å². The summed E-state index contributed by atoms with van der Waals surface area (Å²) in [6.45, 7) is 27.1. The van der Waals surface area contributed by atoms with E-state index in [1.807, 2.05) is 39.8 Å². The lowest BCUT2D eigenvalue weighted by Gasteiger charge is -2.18. The summed E-state index contributed by atoms with van der Waals surface area (Å²) < 4.78 is 5.26. The normalized spacial score (nSPS) is 12.1. The van der Waals surface area contributed by atoms with Crippen molar-refractivity contribution in [3.05, 3.63) is 94.6 Å². The van der Waals surface area contributed by atoms with Crippen LogP contribution in [0.25, 0.3) is 9.69 Å². The Bertz CT molecular complexity index is 1080. The molecule has 2 aromatic rings. The number of aliphatic hydroxyl groups is 1. The summed E-state index contributed by atoms with van der Waals surface area (Å²) in [5, 5.41) is 11.7. The number of benzene rings is 2. The highest BCUT2D eigenvalue weighted by Gasteiger charge is 2.33. The first-order chi connectivity index (χ1) is 18.2. The number of ketones is 1. The van der Waals surface area contributed by atoms with Gasteiger partial charge in [0.15, 0.2) is 5.78 Å². The van der Waals surface area contributed by atoms with Crippen LogP contribution in [0.3, 0.4) is 0 Å². The Labute approximate surface area is 228 Å². The van der Waals surface area contributed by atoms with Crippen molar-refractivity contribution in [3.8, 4) is 11.8 Å². The van der Waals surface area contributed by atoms with Crippen molar-refractivity contribution in [2.24, 2.45) is 0 Å². The Morgan fingerprint density at radius 3 is 1.84 bits per heavy atom. The van der Waals surface area contributed by atoms with Crippen molar-refractivity contribution in [2.45, 2.75) is 66.1 Å². The predicted octanol–water partition coefficient (Wildman–Crippen LogP) is 6.07. The maximum atomic E-state index is 12.0. The molecule has 0 radical (unpaired) electrons. The van der Waals surface area contributed by atoms with Crippen molar-refractivity contribution in [3.63, 3.8) is 0 Å². The number of rotatable bonds is 9. The molecule has 0 heterocycles. The van der Waals surface area contributed by atoms with Crippen molar-refractivity contribution < 1.29 is 19.4 Å². The molecule has 0 aliphatic heterocycles. The predicted molar refractivity (Wildman–Crippen MR) is 153 cm³/mol. The number of hydrogen-bond acceptors (Lipinski definition) is 4. The summed E-state index contributed by atoms with van der Waals surface area (Å²) in [5.74, 6) is 5.04. The largest absolute Gasteiger partial charge is 0.388 e. The molecule has 1 amide bonds. The second-order valence-corrected chi connectivity index (χ2v) is 7.86. The summed E-state index contributed by atoms with van der Waals surface area (Å²) in [6, 6.07) is 17.6. The summed E-state index contributed by atoms with van der Waals surface area (Å²) in [7, 11) is 0. The molecule has 0 aliphatic rings. The van der Waals surface area contributed by atoms with Crippen LogP contribution in [0, 0.1) is 25.0 Å². The van der Waals surface area contributed by atoms with Crippen LogP contribution in [0.2, 0.25) is 0 Å². The van der Waals surface area contributed by atoms with E-state index in [2.05, 4.69) is 26.8 Å². The molecule has 7 nitrogen and oxygen atoms in total. The van der Waals surface area contributed by atoms with Gasteiger partial charge in [0.2, 0.25) is 0 Å². The smallest absolute Gasteiger partial charge is 0.328 e. The fraction of sp³-hybridized carbons (Fsp3) is 0.419. The van der Waals surface area contributed by atoms with E-state index in [-0.39, 0.29) is 37.9 Å². The highest BCUT2D eigenvalue weighted by molar-refractivity contribution is 5.97. The molecular formula is C31H41N3O4. The van der Waals surface area contributed by atoms with E-state index in [1.165, 1.54) is 0 Å². The third-order valence-electron chi connectivity index (χ3n) is 4.65. The summed E-state index contributed by atoms with van der Waals surface area (Å²) in [5.41, 5.74) is -0.971. The number of aliphatic hydroxyl groups excluding tert-OH is 1. The van der Waals surface area contributed by atoms with Crippen LogP contribution in [0.5, 0.6) is 0 Å². The summed E-state index contributed by atoms with van der Waals surface area (Å²) in [6.07, 6.45) is 0.0526. The van der Waals surface area contributed by atoms with Crippen LogP contribution in [-0.2, 0) is 4.74 Å². The van der Waals surface area contributed by atoms with Gasteiger partial charge < -0.3 is 14.7 Å². The molecule has 2 atom stereocenters. The SMILES string of the molecule is CC.CC.[C-]#[N+]C(C)(CO)CC(=O)c1ccccc1.[C-]#[N+]C(C)(COCC#CC)NC(=O)c1ccccc1. The van der Waals surface area contributed by atoms with Crippen LogP contribution in [0.4, 0.5) is 0 Å². The van der Waals surface area contributed by atoms with Gasteiger partial charge >= 0.3 is 5.66 Å². The van der Waals surface area contributed by atoms with E-state index in [1.54, 1.807) is 69.3 Å². The average Bonchev–Trinajstić information content (AvgIpc) is 2.98. The van der Waals surface area contributed by atoms with E-state index < -0.39 is 11.2 Å². The molecule has 0 aromatic heterocycles. The van der Waals surface area contributed by atoms with E-state index >= 15 is 0 Å². The van der Waals surface area contributed by atoms with Gasteiger partial charge in [-0.2, -0.15) is 0 Å². The lowest BCUT2D eigenvalue weighted by Crippen LogP contribution is -2.47. The second-order valence-electron chi connectivity index (χ2n) is 7.86. The minimum Gasteiger partial charge on any atom is -0.388 e. The molecule has 7 heteroatoms. The standard InChI is InChI=1S/C15H16N2O2.C12H13NO2.2C2H6/c1-4-5-11-19-12-15(2,16-3)17-14(18)13-9-7-6-8-10-13;1-12(9-14,13-2)8-11(15)10-6-4-3-5-7-10;2*1-2/h6-10H,11-12H2,1-2H3,(H,17,18);3-7,14H,8-9H2,1H3;2*1-2H3. The maximum absolute atomic E-state index is 12.0. The lowest BCUT2D eigenvalue weighted by molar-refractivity contribution is 0.0814. The summed E-state index contributed by atoms with van der Waals surface area (Å²) >= 11 is 0. The highest BCUT2D eigenvalue weighted by Crippen LogP contribution is 2.18. The van der Waals surface area contributed by atoms with Crippen molar-refractivity contribution in [1.82, 2.24) is 5.32 Å². The van der Waals surface area contributed by atoms with Gasteiger partial charge in [0.1, 0.15) is 19.8 Å². The Balaban J connectivity index is 0. The maximum Gasteiger partial charge on any atom is 0.328 e. The Morgan fingerprint density at radius 1 is 0.921 bits per heavy atom. The molecule has 2 aromatic carbocycles. The van der Waals surface area contributed by atoms with E-state index in [0.29, 0.717) is 11.1 Å². The molecule has 2 N–H and O–H groups in total. The molecule has 0 spiro atoms. The lowest BCUT2D eigenvalue weighted by atomic mass is 9.94. The van der Waals surface area contributed by atoms with Crippen LogP contribution in [0.1, 0.15) is 75.6 Å². The number of carbonyl (C=O) groups is 2. The molecular weight excluding hydrogens is 478 g/mol. The average molecular weight is 520 g/mol. The van der Waals surface area contributed by atoms with Crippen LogP contribution in [-0.4, -0.2) is 47.8 Å².